The Hall–Kier alpha value is 1.40. The van der Waals surface area contributed by atoms with Gasteiger partial charge in [0.1, 0.15) is 0 Å². The second-order valence-electron chi connectivity index (χ2n) is 0.329. The van der Waals surface area contributed by atoms with Gasteiger partial charge in [0.2, 0.25) is 0 Å². The van der Waals surface area contributed by atoms with Crippen LogP contribution in [0.2, 0.25) is 0 Å². The van der Waals surface area contributed by atoms with Crippen molar-refractivity contribution in [1.29, 1.82) is 0 Å². The SMILES string of the molecule is [O]=[Tl][O][Tl]=[O]. The zero-order chi connectivity index (χ0) is 4.12. The second-order valence-corrected chi connectivity index (χ2v) is 12.2. The minimum atomic E-state index is -2.02. The van der Waals surface area contributed by atoms with Gasteiger partial charge >= 0.3 is 55.4 Å². The van der Waals surface area contributed by atoms with E-state index in [9.17, 15) is 5.37 Å². The minimum absolute atomic E-state index is 2.02. The molecular formula is O3Tl2. The van der Waals surface area contributed by atoms with Gasteiger partial charge in [0.15, 0.2) is 0 Å². The average molecular weight is 457 g/mol. The van der Waals surface area contributed by atoms with Crippen molar-refractivity contribution in [3.8, 4) is 0 Å². The average Bonchev–Trinajstić information content (AvgIpc) is 1.41. The Morgan fingerprint density at radius 1 is 1.20 bits per heavy atom. The quantitative estimate of drug-likeness (QED) is 0.497. The number of hydrogen-bond acceptors (Lipinski definition) is 3. The summed E-state index contributed by atoms with van der Waals surface area (Å²) in [6.45, 7) is 0. The summed E-state index contributed by atoms with van der Waals surface area (Å²) in [6.07, 6.45) is 0. The number of hydrogen-bond donors (Lipinski definition) is 0. The van der Waals surface area contributed by atoms with E-state index in [2.05, 4.69) is 0.637 Å². The van der Waals surface area contributed by atoms with Gasteiger partial charge in [0.05, 0.1) is 0 Å². The first-order valence-electron chi connectivity index (χ1n) is 0.943. The van der Waals surface area contributed by atoms with Crippen LogP contribution in [0.15, 0.2) is 0 Å². The monoisotopic (exact) mass is 458 g/mol. The van der Waals surface area contributed by atoms with Crippen LogP contribution in [0.4, 0.5) is 0 Å². The van der Waals surface area contributed by atoms with Crippen LogP contribution < -0.4 is 0 Å². The van der Waals surface area contributed by atoms with Crippen LogP contribution in [-0.2, 0) is 6.01 Å². The summed E-state index contributed by atoms with van der Waals surface area (Å²) in [6, 6.07) is 0. The number of rotatable bonds is 2. The fourth-order valence-corrected chi connectivity index (χ4v) is 1.75. The molecular weight excluding hydrogens is 457 g/mol. The molecule has 0 aromatic rings. The topological polar surface area (TPSA) is 43.4 Å². The van der Waals surface area contributed by atoms with Gasteiger partial charge in [-0.15, -0.1) is 0 Å². The summed E-state index contributed by atoms with van der Waals surface area (Å²) in [5, 5.41) is 0. The van der Waals surface area contributed by atoms with Gasteiger partial charge in [-0.3, -0.25) is 0 Å². The van der Waals surface area contributed by atoms with E-state index in [1.807, 2.05) is 0 Å². The van der Waals surface area contributed by atoms with Crippen LogP contribution in [0.5, 0.6) is 0 Å². The van der Waals surface area contributed by atoms with E-state index in [0.29, 0.717) is 0 Å². The predicted molar refractivity (Wildman–Crippen MR) is 14.0 cm³/mol. The Morgan fingerprint density at radius 3 is 1.60 bits per heavy atom. The molecule has 0 N–H and O–H groups in total. The normalized spacial score (nSPS) is 4.80. The molecule has 0 heterocycles. The fraction of sp³-hybridized carbons (Fsp3) is 0. The van der Waals surface area contributed by atoms with Gasteiger partial charge in [0.25, 0.3) is 0 Å². The Bertz CT molecular complexity index is 34.2. The van der Waals surface area contributed by atoms with Gasteiger partial charge in [-0.2, -0.15) is 0 Å². The van der Waals surface area contributed by atoms with Gasteiger partial charge < -0.3 is 0 Å². The van der Waals surface area contributed by atoms with Gasteiger partial charge in [0, 0.05) is 0 Å². The summed E-state index contributed by atoms with van der Waals surface area (Å²) >= 11 is -4.04. The Kier molecular flexibility index (Phi) is 6.92. The van der Waals surface area contributed by atoms with Crippen molar-refractivity contribution >= 4 is 49.4 Å². The Morgan fingerprint density at radius 2 is 1.60 bits per heavy atom. The molecule has 0 saturated heterocycles. The molecule has 0 spiro atoms. The molecule has 0 atom stereocenters. The van der Waals surface area contributed by atoms with E-state index in [1.54, 1.807) is 0 Å². The zero-order valence-corrected chi connectivity index (χ0v) is 11.4. The summed E-state index contributed by atoms with van der Waals surface area (Å²) in [7, 11) is 0. The summed E-state index contributed by atoms with van der Waals surface area (Å²) < 4.78 is 22.9. The molecule has 0 bridgehead atoms. The molecule has 0 radical (unpaired) electrons. The Labute approximate surface area is 54.8 Å². The van der Waals surface area contributed by atoms with Gasteiger partial charge in [-0.25, -0.2) is 0 Å². The van der Waals surface area contributed by atoms with Crippen LogP contribution in [0.1, 0.15) is 0 Å². The third kappa shape index (κ3) is 5.40. The van der Waals surface area contributed by atoms with Gasteiger partial charge in [-0.1, -0.05) is 0 Å². The molecule has 0 aromatic carbocycles. The molecule has 5 heavy (non-hydrogen) atoms. The van der Waals surface area contributed by atoms with Crippen LogP contribution in [-0.4, -0.2) is 49.4 Å². The van der Waals surface area contributed by atoms with E-state index >= 15 is 0 Å². The molecule has 5 heteroatoms. The van der Waals surface area contributed by atoms with E-state index < -0.39 is 49.4 Å². The van der Waals surface area contributed by atoms with E-state index in [4.69, 9.17) is 0 Å². The summed E-state index contributed by atoms with van der Waals surface area (Å²) in [5.74, 6) is 0. The molecule has 0 fully saturated rings. The van der Waals surface area contributed by atoms with E-state index in [-0.39, 0.29) is 0 Å². The first-order chi connectivity index (χ1) is 2.41. The molecule has 0 aromatic heterocycles. The molecule has 0 aliphatic heterocycles. The van der Waals surface area contributed by atoms with Gasteiger partial charge in [-0.05, 0) is 0 Å². The second kappa shape index (κ2) is 5.40. The van der Waals surface area contributed by atoms with Crippen molar-refractivity contribution in [2.75, 3.05) is 0 Å². The maximum atomic E-state index is 9.37. The third-order valence-electron chi connectivity index (χ3n) is 0.111. The van der Waals surface area contributed by atoms with Crippen molar-refractivity contribution < 1.29 is 6.01 Å². The van der Waals surface area contributed by atoms with Crippen molar-refractivity contribution in [3.05, 3.63) is 0 Å². The molecule has 0 aliphatic rings. The fourth-order valence-electron chi connectivity index (χ4n) is 0.0227. The molecule has 0 rings (SSSR count). The molecule has 0 saturated carbocycles. The summed E-state index contributed by atoms with van der Waals surface area (Å²) in [4.78, 5) is 0. The van der Waals surface area contributed by atoms with Crippen molar-refractivity contribution in [3.63, 3.8) is 0 Å². The van der Waals surface area contributed by atoms with Crippen molar-refractivity contribution in [2.24, 2.45) is 0 Å². The van der Waals surface area contributed by atoms with Crippen LogP contribution in [0.25, 0.3) is 0 Å². The van der Waals surface area contributed by atoms with E-state index in [0.717, 1.165) is 0 Å². The van der Waals surface area contributed by atoms with Crippen LogP contribution in [0.3, 0.4) is 0 Å². The molecule has 3 nitrogen and oxygen atoms in total. The van der Waals surface area contributed by atoms with E-state index in [1.165, 1.54) is 0 Å². The predicted octanol–water partition coefficient (Wildman–Crippen LogP) is -1.07. The van der Waals surface area contributed by atoms with Crippen LogP contribution >= 0.6 is 0 Å². The molecule has 24 valence electrons. The third-order valence-corrected chi connectivity index (χ3v) is 8.56. The Balaban J connectivity index is 2.65. The van der Waals surface area contributed by atoms with Crippen molar-refractivity contribution in [2.45, 2.75) is 0 Å². The maximum absolute atomic E-state index is 9.37. The van der Waals surface area contributed by atoms with Crippen LogP contribution in [0, 0.1) is 0 Å². The molecule has 0 unspecified atom stereocenters. The van der Waals surface area contributed by atoms with Crippen molar-refractivity contribution in [1.82, 2.24) is 0 Å². The zero-order valence-electron chi connectivity index (χ0n) is 2.38. The standard InChI is InChI=1S/3O.2Tl. The summed E-state index contributed by atoms with van der Waals surface area (Å²) in [5.41, 5.74) is 0. The first-order valence-corrected chi connectivity index (χ1v) is 8.27. The first kappa shape index (κ1) is 6.40. The molecule has 0 aliphatic carbocycles. The molecule has 0 amide bonds.